The Labute approximate surface area is 124 Å². The van der Waals surface area contributed by atoms with Crippen LogP contribution in [0.3, 0.4) is 0 Å². The average Bonchev–Trinajstić information content (AvgIpc) is 2.39. The van der Waals surface area contributed by atoms with Gasteiger partial charge < -0.3 is 10.2 Å². The average molecular weight is 306 g/mol. The van der Waals surface area contributed by atoms with Gasteiger partial charge in [0.25, 0.3) is 0 Å². The summed E-state index contributed by atoms with van der Waals surface area (Å²) in [4.78, 5) is 0.311. The van der Waals surface area contributed by atoms with Crippen LogP contribution in [0.15, 0.2) is 34.1 Å². The molecule has 0 aliphatic carbocycles. The summed E-state index contributed by atoms with van der Waals surface area (Å²) in [7, 11) is -3.69. The number of sulfone groups is 1. The van der Waals surface area contributed by atoms with Gasteiger partial charge in [-0.1, -0.05) is 0 Å². The summed E-state index contributed by atoms with van der Waals surface area (Å²) in [5, 5.41) is 19.4. The zero-order valence-electron chi connectivity index (χ0n) is 12.4. The third-order valence-electron chi connectivity index (χ3n) is 3.56. The summed E-state index contributed by atoms with van der Waals surface area (Å²) >= 11 is 0. The molecule has 0 radical (unpaired) electrons. The minimum absolute atomic E-state index is 0.0736. The Balaban J connectivity index is 2.71. The third-order valence-corrected chi connectivity index (χ3v) is 5.43. The van der Waals surface area contributed by atoms with Gasteiger partial charge in [-0.3, -0.25) is 0 Å². The summed E-state index contributed by atoms with van der Waals surface area (Å²) in [6.07, 6.45) is 0. The zero-order chi connectivity index (χ0) is 15.9. The van der Waals surface area contributed by atoms with E-state index in [1.807, 2.05) is 0 Å². The zero-order valence-corrected chi connectivity index (χ0v) is 13.2. The molecule has 0 spiro atoms. The molecule has 0 aromatic heterocycles. The van der Waals surface area contributed by atoms with Crippen LogP contribution in [0.25, 0.3) is 0 Å². The molecule has 4 nitrogen and oxygen atoms in total. The molecule has 0 aliphatic rings. The maximum absolute atomic E-state index is 12.8. The van der Waals surface area contributed by atoms with Crippen molar-refractivity contribution >= 4 is 9.84 Å². The van der Waals surface area contributed by atoms with Crippen LogP contribution in [0, 0.1) is 27.7 Å². The van der Waals surface area contributed by atoms with Crippen molar-refractivity contribution in [2.45, 2.75) is 37.5 Å². The number of benzene rings is 2. The maximum Gasteiger partial charge on any atom is 0.206 e. The molecule has 0 heterocycles. The van der Waals surface area contributed by atoms with E-state index in [-0.39, 0.29) is 21.3 Å². The fourth-order valence-corrected chi connectivity index (χ4v) is 3.99. The Hall–Kier alpha value is -2.01. The highest BCUT2D eigenvalue weighted by atomic mass is 32.2. The third kappa shape index (κ3) is 2.61. The number of hydrogen-bond donors (Lipinski definition) is 2. The van der Waals surface area contributed by atoms with E-state index in [9.17, 15) is 18.6 Å². The molecule has 0 bridgehead atoms. The second-order valence-corrected chi connectivity index (χ2v) is 7.23. The first-order chi connectivity index (χ1) is 9.64. The number of aromatic hydroxyl groups is 2. The number of aryl methyl sites for hydroxylation is 4. The lowest BCUT2D eigenvalue weighted by Gasteiger charge is -2.12. The molecule has 0 saturated heterocycles. The Morgan fingerprint density at radius 3 is 1.81 bits per heavy atom. The van der Waals surface area contributed by atoms with Crippen LogP contribution >= 0.6 is 0 Å². The first kappa shape index (κ1) is 15.4. The van der Waals surface area contributed by atoms with Crippen molar-refractivity contribution in [3.8, 4) is 11.5 Å². The number of phenols is 2. The van der Waals surface area contributed by atoms with Crippen LogP contribution in [0.2, 0.25) is 0 Å². The quantitative estimate of drug-likeness (QED) is 0.893. The van der Waals surface area contributed by atoms with Crippen LogP contribution in [0.1, 0.15) is 22.3 Å². The van der Waals surface area contributed by atoms with E-state index in [4.69, 9.17) is 0 Å². The SMILES string of the molecule is Cc1cc(S(=O)(=O)c2cc(C)c(O)c(C)c2)c(C)cc1O. The van der Waals surface area contributed by atoms with Crippen molar-refractivity contribution in [3.05, 3.63) is 46.5 Å². The fourth-order valence-electron chi connectivity index (χ4n) is 2.26. The van der Waals surface area contributed by atoms with Crippen molar-refractivity contribution in [1.82, 2.24) is 0 Å². The molecule has 0 saturated carbocycles. The second-order valence-electron chi connectivity index (χ2n) is 5.31. The summed E-state index contributed by atoms with van der Waals surface area (Å²) < 4.78 is 25.5. The van der Waals surface area contributed by atoms with E-state index >= 15 is 0 Å². The van der Waals surface area contributed by atoms with E-state index in [1.165, 1.54) is 24.3 Å². The van der Waals surface area contributed by atoms with E-state index < -0.39 is 9.84 Å². The molecule has 112 valence electrons. The Morgan fingerprint density at radius 2 is 1.29 bits per heavy atom. The molecular formula is C16H18O4S. The van der Waals surface area contributed by atoms with Crippen LogP contribution in [-0.2, 0) is 9.84 Å². The monoisotopic (exact) mass is 306 g/mol. The molecule has 0 aliphatic heterocycles. The number of hydrogen-bond acceptors (Lipinski definition) is 4. The Kier molecular flexibility index (Phi) is 3.72. The molecule has 5 heteroatoms. The van der Waals surface area contributed by atoms with E-state index in [1.54, 1.807) is 27.7 Å². The lowest BCUT2D eigenvalue weighted by atomic mass is 10.1. The molecule has 2 N–H and O–H groups in total. The van der Waals surface area contributed by atoms with Gasteiger partial charge in [-0.2, -0.15) is 0 Å². The van der Waals surface area contributed by atoms with Gasteiger partial charge in [0.2, 0.25) is 9.84 Å². The summed E-state index contributed by atoms with van der Waals surface area (Å²) in [6.45, 7) is 6.62. The molecule has 2 aromatic carbocycles. The topological polar surface area (TPSA) is 74.6 Å². The van der Waals surface area contributed by atoms with Gasteiger partial charge in [-0.25, -0.2) is 8.42 Å². The van der Waals surface area contributed by atoms with Gasteiger partial charge in [0.1, 0.15) is 11.5 Å². The molecule has 0 unspecified atom stereocenters. The smallest absolute Gasteiger partial charge is 0.206 e. The second kappa shape index (κ2) is 5.07. The standard InChI is InChI=1S/C16H18O4S/c1-9-8-15(10(2)7-14(9)17)21(19,20)13-5-11(3)16(18)12(4)6-13/h5-8,17-18H,1-4H3. The van der Waals surface area contributed by atoms with E-state index in [0.29, 0.717) is 22.3 Å². The largest absolute Gasteiger partial charge is 0.508 e. The predicted octanol–water partition coefficient (Wildman–Crippen LogP) is 3.16. The highest BCUT2D eigenvalue weighted by Gasteiger charge is 2.22. The highest BCUT2D eigenvalue weighted by Crippen LogP contribution is 2.32. The first-order valence-electron chi connectivity index (χ1n) is 6.50. The summed E-state index contributed by atoms with van der Waals surface area (Å²) in [5.41, 5.74) is 2.02. The van der Waals surface area contributed by atoms with Crippen LogP contribution in [0.4, 0.5) is 0 Å². The van der Waals surface area contributed by atoms with Crippen molar-refractivity contribution < 1.29 is 18.6 Å². The van der Waals surface area contributed by atoms with E-state index in [2.05, 4.69) is 0 Å². The lowest BCUT2D eigenvalue weighted by molar-refractivity contribution is 0.466. The van der Waals surface area contributed by atoms with Gasteiger partial charge >= 0.3 is 0 Å². The molecular weight excluding hydrogens is 288 g/mol. The molecule has 21 heavy (non-hydrogen) atoms. The highest BCUT2D eigenvalue weighted by molar-refractivity contribution is 7.91. The summed E-state index contributed by atoms with van der Waals surface area (Å²) in [5.74, 6) is 0.178. The van der Waals surface area contributed by atoms with Crippen molar-refractivity contribution in [2.24, 2.45) is 0 Å². The normalized spacial score (nSPS) is 11.6. The van der Waals surface area contributed by atoms with Gasteiger partial charge in [-0.15, -0.1) is 0 Å². The van der Waals surface area contributed by atoms with Gasteiger partial charge in [0.15, 0.2) is 0 Å². The van der Waals surface area contributed by atoms with Crippen LogP contribution in [-0.4, -0.2) is 18.6 Å². The first-order valence-corrected chi connectivity index (χ1v) is 7.98. The van der Waals surface area contributed by atoms with Gasteiger partial charge in [0, 0.05) is 0 Å². The van der Waals surface area contributed by atoms with Gasteiger partial charge in [-0.05, 0) is 74.2 Å². The van der Waals surface area contributed by atoms with Crippen LogP contribution in [0.5, 0.6) is 11.5 Å². The fraction of sp³-hybridized carbons (Fsp3) is 0.250. The molecule has 0 atom stereocenters. The molecule has 0 amide bonds. The number of rotatable bonds is 2. The predicted molar refractivity (Wildman–Crippen MR) is 80.6 cm³/mol. The van der Waals surface area contributed by atoms with Gasteiger partial charge in [0.05, 0.1) is 9.79 Å². The maximum atomic E-state index is 12.8. The minimum atomic E-state index is -3.69. The molecule has 2 aromatic rings. The lowest BCUT2D eigenvalue weighted by Crippen LogP contribution is -2.05. The number of phenolic OH excluding ortho intramolecular Hbond substituents is 2. The van der Waals surface area contributed by atoms with E-state index in [0.717, 1.165) is 0 Å². The van der Waals surface area contributed by atoms with Crippen molar-refractivity contribution in [2.75, 3.05) is 0 Å². The molecule has 0 fully saturated rings. The van der Waals surface area contributed by atoms with Crippen molar-refractivity contribution in [3.63, 3.8) is 0 Å². The minimum Gasteiger partial charge on any atom is -0.508 e. The Bertz CT molecular complexity index is 797. The Morgan fingerprint density at radius 1 is 0.762 bits per heavy atom. The van der Waals surface area contributed by atoms with Crippen LogP contribution < -0.4 is 0 Å². The summed E-state index contributed by atoms with van der Waals surface area (Å²) in [6, 6.07) is 5.83. The van der Waals surface area contributed by atoms with Crippen molar-refractivity contribution in [1.29, 1.82) is 0 Å². The molecule has 2 rings (SSSR count).